The van der Waals surface area contributed by atoms with E-state index in [1.54, 1.807) is 11.3 Å². The number of anilines is 1. The third-order valence-electron chi connectivity index (χ3n) is 1.83. The molecule has 1 aliphatic rings. The molecule has 2 nitrogen and oxygen atoms in total. The van der Waals surface area contributed by atoms with E-state index in [0.29, 0.717) is 0 Å². The first-order chi connectivity index (χ1) is 5.47. The van der Waals surface area contributed by atoms with Crippen LogP contribution in [-0.4, -0.2) is 26.3 Å². The minimum absolute atomic E-state index is 0.857. The lowest BCUT2D eigenvalue weighted by atomic mass is 10.4. The van der Waals surface area contributed by atoms with Gasteiger partial charge in [-0.05, 0) is 6.07 Å². The second-order valence-electron chi connectivity index (χ2n) is 2.52. The molecule has 0 N–H and O–H groups in total. The Kier molecular flexibility index (Phi) is 2.10. The van der Waals surface area contributed by atoms with Crippen LogP contribution in [0.3, 0.4) is 0 Å². The molecule has 2 rings (SSSR count). The molecule has 1 saturated heterocycles. The van der Waals surface area contributed by atoms with E-state index < -0.39 is 0 Å². The Morgan fingerprint density at radius 1 is 1.45 bits per heavy atom. The van der Waals surface area contributed by atoms with E-state index in [1.165, 1.54) is 5.69 Å². The van der Waals surface area contributed by atoms with Crippen molar-refractivity contribution in [1.29, 1.82) is 0 Å². The summed E-state index contributed by atoms with van der Waals surface area (Å²) in [4.78, 5) is 2.33. The molecule has 0 unspecified atom stereocenters. The summed E-state index contributed by atoms with van der Waals surface area (Å²) in [7, 11) is 0. The minimum atomic E-state index is 0.857. The third-order valence-corrected chi connectivity index (χ3v) is 2.44. The summed E-state index contributed by atoms with van der Waals surface area (Å²) in [5.74, 6) is 0. The van der Waals surface area contributed by atoms with Crippen LogP contribution in [0, 0.1) is 5.38 Å². The Labute approximate surface area is 70.4 Å². The van der Waals surface area contributed by atoms with Gasteiger partial charge in [-0.25, -0.2) is 0 Å². The first kappa shape index (κ1) is 7.13. The first-order valence-electron chi connectivity index (χ1n) is 3.74. The molecule has 0 amide bonds. The number of hydrogen-bond acceptors (Lipinski definition) is 3. The van der Waals surface area contributed by atoms with Crippen LogP contribution in [0.25, 0.3) is 0 Å². The molecule has 0 atom stereocenters. The maximum atomic E-state index is 5.25. The van der Waals surface area contributed by atoms with Gasteiger partial charge in [0.2, 0.25) is 0 Å². The average molecular weight is 168 g/mol. The van der Waals surface area contributed by atoms with Crippen LogP contribution in [-0.2, 0) is 4.74 Å². The molecule has 0 spiro atoms. The molecule has 1 fully saturated rings. The lowest BCUT2D eigenvalue weighted by Gasteiger charge is -2.27. The van der Waals surface area contributed by atoms with Crippen LogP contribution in [0.4, 0.5) is 5.69 Å². The summed E-state index contributed by atoms with van der Waals surface area (Å²) in [5.41, 5.74) is 1.29. The summed E-state index contributed by atoms with van der Waals surface area (Å²) in [6.07, 6.45) is 0. The highest BCUT2D eigenvalue weighted by Crippen LogP contribution is 2.17. The number of nitrogens with zero attached hydrogens (tertiary/aromatic N) is 1. The zero-order valence-electron chi connectivity index (χ0n) is 6.25. The van der Waals surface area contributed by atoms with Crippen molar-refractivity contribution >= 4 is 17.0 Å². The number of rotatable bonds is 1. The van der Waals surface area contributed by atoms with Gasteiger partial charge in [0, 0.05) is 29.5 Å². The topological polar surface area (TPSA) is 12.5 Å². The van der Waals surface area contributed by atoms with Crippen LogP contribution in [0.2, 0.25) is 0 Å². The normalized spacial score (nSPS) is 18.7. The lowest BCUT2D eigenvalue weighted by molar-refractivity contribution is 0.122. The van der Waals surface area contributed by atoms with Crippen LogP contribution in [0.15, 0.2) is 11.4 Å². The van der Waals surface area contributed by atoms with Gasteiger partial charge >= 0.3 is 0 Å². The number of hydrogen-bond donors (Lipinski definition) is 0. The van der Waals surface area contributed by atoms with Crippen molar-refractivity contribution in [1.82, 2.24) is 0 Å². The molecule has 0 saturated carbocycles. The van der Waals surface area contributed by atoms with Crippen molar-refractivity contribution in [2.24, 2.45) is 0 Å². The van der Waals surface area contributed by atoms with E-state index >= 15 is 0 Å². The molecule has 0 aromatic carbocycles. The van der Waals surface area contributed by atoms with Crippen LogP contribution in [0.1, 0.15) is 0 Å². The van der Waals surface area contributed by atoms with Crippen molar-refractivity contribution < 1.29 is 4.74 Å². The molecule has 1 aromatic heterocycles. The van der Waals surface area contributed by atoms with Crippen LogP contribution >= 0.6 is 11.3 Å². The molecule has 1 aliphatic heterocycles. The third kappa shape index (κ3) is 1.54. The monoisotopic (exact) mass is 168 g/mol. The Hall–Kier alpha value is -0.540. The number of ether oxygens (including phenoxy) is 1. The second-order valence-corrected chi connectivity index (χ2v) is 3.23. The van der Waals surface area contributed by atoms with Gasteiger partial charge < -0.3 is 9.64 Å². The number of morpholine rings is 1. The molecule has 1 aromatic rings. The van der Waals surface area contributed by atoms with E-state index in [1.807, 2.05) is 6.07 Å². The van der Waals surface area contributed by atoms with Crippen molar-refractivity contribution in [2.75, 3.05) is 31.2 Å². The fourth-order valence-corrected chi connectivity index (χ4v) is 1.80. The van der Waals surface area contributed by atoms with Crippen molar-refractivity contribution in [3.05, 3.63) is 16.8 Å². The van der Waals surface area contributed by atoms with E-state index in [2.05, 4.69) is 15.7 Å². The Morgan fingerprint density at radius 3 is 2.91 bits per heavy atom. The van der Waals surface area contributed by atoms with E-state index in [-0.39, 0.29) is 0 Å². The molecule has 1 radical (unpaired) electrons. The summed E-state index contributed by atoms with van der Waals surface area (Å²) in [5, 5.41) is 5.22. The Bertz CT molecular complexity index is 204. The summed E-state index contributed by atoms with van der Waals surface area (Å²) < 4.78 is 5.25. The van der Waals surface area contributed by atoms with Crippen molar-refractivity contribution in [3.63, 3.8) is 0 Å². The largest absolute Gasteiger partial charge is 0.378 e. The van der Waals surface area contributed by atoms with Gasteiger partial charge in [0.05, 0.1) is 13.2 Å². The first-order valence-corrected chi connectivity index (χ1v) is 4.62. The SMILES string of the molecule is [c]1cc(N2CCOCC2)cs1. The molecular weight excluding hydrogens is 158 g/mol. The molecule has 2 heterocycles. The zero-order chi connectivity index (χ0) is 7.52. The maximum absolute atomic E-state index is 5.25. The second kappa shape index (κ2) is 3.24. The maximum Gasteiger partial charge on any atom is 0.0642 e. The fraction of sp³-hybridized carbons (Fsp3) is 0.500. The van der Waals surface area contributed by atoms with E-state index in [9.17, 15) is 0 Å². The highest BCUT2D eigenvalue weighted by Gasteiger charge is 2.10. The van der Waals surface area contributed by atoms with Gasteiger partial charge in [0.15, 0.2) is 0 Å². The Balaban J connectivity index is 2.04. The van der Waals surface area contributed by atoms with Crippen molar-refractivity contribution in [2.45, 2.75) is 0 Å². The highest BCUT2D eigenvalue weighted by atomic mass is 32.1. The standard InChI is InChI=1S/C8H10NOS/c1-6-11-7-8(1)9-2-4-10-5-3-9/h1,7H,2-5H2. The van der Waals surface area contributed by atoms with Crippen LogP contribution < -0.4 is 4.90 Å². The van der Waals surface area contributed by atoms with E-state index in [4.69, 9.17) is 4.74 Å². The molecule has 3 heteroatoms. The van der Waals surface area contributed by atoms with Gasteiger partial charge in [0.1, 0.15) is 0 Å². The summed E-state index contributed by atoms with van der Waals surface area (Å²) in [6, 6.07) is 2.04. The van der Waals surface area contributed by atoms with Gasteiger partial charge in [-0.2, -0.15) is 0 Å². The molecule has 0 aliphatic carbocycles. The van der Waals surface area contributed by atoms with Gasteiger partial charge in [0.25, 0.3) is 0 Å². The molecule has 59 valence electrons. The highest BCUT2D eigenvalue weighted by molar-refractivity contribution is 7.07. The summed E-state index contributed by atoms with van der Waals surface area (Å²) in [6.45, 7) is 3.75. The average Bonchev–Trinajstić information content (AvgIpc) is 2.58. The van der Waals surface area contributed by atoms with Gasteiger partial charge in [-0.15, -0.1) is 11.3 Å². The lowest BCUT2D eigenvalue weighted by Crippen LogP contribution is -2.35. The molecular formula is C8H10NOS. The van der Waals surface area contributed by atoms with E-state index in [0.717, 1.165) is 26.3 Å². The quantitative estimate of drug-likeness (QED) is 0.628. The van der Waals surface area contributed by atoms with Crippen LogP contribution in [0.5, 0.6) is 0 Å². The van der Waals surface area contributed by atoms with Gasteiger partial charge in [-0.3, -0.25) is 0 Å². The minimum Gasteiger partial charge on any atom is -0.378 e. The Morgan fingerprint density at radius 2 is 2.27 bits per heavy atom. The predicted molar refractivity (Wildman–Crippen MR) is 46.2 cm³/mol. The zero-order valence-corrected chi connectivity index (χ0v) is 7.06. The van der Waals surface area contributed by atoms with Crippen molar-refractivity contribution in [3.8, 4) is 0 Å². The molecule has 0 bridgehead atoms. The smallest absolute Gasteiger partial charge is 0.0642 e. The predicted octanol–water partition coefficient (Wildman–Crippen LogP) is 1.38. The molecule has 11 heavy (non-hydrogen) atoms. The summed E-state index contributed by atoms with van der Waals surface area (Å²) >= 11 is 1.63. The number of thiophene rings is 1. The fourth-order valence-electron chi connectivity index (χ4n) is 1.21. The van der Waals surface area contributed by atoms with Gasteiger partial charge in [-0.1, -0.05) is 0 Å².